The molecule has 14 nitrogen and oxygen atoms in total. The fourth-order valence-electron chi connectivity index (χ4n) is 8.28. The highest BCUT2D eigenvalue weighted by molar-refractivity contribution is 5.91. The van der Waals surface area contributed by atoms with Crippen LogP contribution in [0.15, 0.2) is 36.4 Å². The number of carbonyl (C=O) groups is 2. The summed E-state index contributed by atoms with van der Waals surface area (Å²) in [6.45, 7) is 0.00745. The molecule has 9 N–H and O–H groups in total. The van der Waals surface area contributed by atoms with Gasteiger partial charge in [-0.25, -0.2) is 0 Å². The van der Waals surface area contributed by atoms with Crippen LogP contribution in [0.4, 0.5) is 0 Å². The van der Waals surface area contributed by atoms with E-state index in [0.29, 0.717) is 49.9 Å². The van der Waals surface area contributed by atoms with E-state index in [1.165, 1.54) is 0 Å². The molecule has 7 rings (SSSR count). The van der Waals surface area contributed by atoms with Crippen molar-refractivity contribution < 1.29 is 59.9 Å². The molecular formula is C39H44N2O12. The minimum absolute atomic E-state index is 0.0598. The predicted octanol–water partition coefficient (Wildman–Crippen LogP) is -2.37. The number of amides is 2. The van der Waals surface area contributed by atoms with Gasteiger partial charge in [-0.2, -0.15) is 0 Å². The number of fused-ring (bicyclic) bond motifs is 5. The van der Waals surface area contributed by atoms with E-state index in [-0.39, 0.29) is 24.8 Å². The number of nitrogens with zero attached hydrogens (tertiary/aromatic N) is 1. The van der Waals surface area contributed by atoms with Crippen LogP contribution in [-0.2, 0) is 24.5 Å². The Morgan fingerprint density at radius 3 is 1.79 bits per heavy atom. The van der Waals surface area contributed by atoms with Crippen molar-refractivity contribution in [1.29, 1.82) is 0 Å². The first-order valence-electron chi connectivity index (χ1n) is 18.0. The summed E-state index contributed by atoms with van der Waals surface area (Å²) < 4.78 is 11.3. The summed E-state index contributed by atoms with van der Waals surface area (Å²) in [4.78, 5) is 27.0. The minimum Gasteiger partial charge on any atom is -0.396 e. The molecule has 2 aromatic rings. The first-order valence-corrected chi connectivity index (χ1v) is 18.0. The second kappa shape index (κ2) is 15.1. The van der Waals surface area contributed by atoms with Gasteiger partial charge >= 0.3 is 0 Å². The summed E-state index contributed by atoms with van der Waals surface area (Å²) in [6.07, 6.45) is -11.2. The first-order chi connectivity index (χ1) is 25.4. The third-order valence-electron chi connectivity index (χ3n) is 11.3. The number of nitrogens with one attached hydrogen (secondary N) is 1. The molecule has 0 bridgehead atoms. The molecule has 282 valence electrons. The van der Waals surface area contributed by atoms with Crippen molar-refractivity contribution >= 4 is 11.8 Å². The SMILES string of the molecule is O=C1CC[C@H](C(=O)N2CCC3(CC2)c2cc(C#C[C@H]4O[C@H](CO)[C@@H](O)[C@H](O)[C@@H]4O)ccc2-c2ccc(C#C[C@H]4O[C@H](CCO)[C@@H](O)[C@H](O)[C@@H]4O)cc23)N1. The van der Waals surface area contributed by atoms with E-state index < -0.39 is 79.1 Å². The summed E-state index contributed by atoms with van der Waals surface area (Å²) in [6, 6.07) is 11.0. The maximum atomic E-state index is 13.4. The Labute approximate surface area is 306 Å². The van der Waals surface area contributed by atoms with Gasteiger partial charge in [-0.05, 0) is 72.2 Å². The van der Waals surface area contributed by atoms with E-state index in [0.717, 1.165) is 22.3 Å². The first kappa shape index (κ1) is 37.4. The van der Waals surface area contributed by atoms with E-state index in [2.05, 4.69) is 29.0 Å². The maximum absolute atomic E-state index is 13.4. The molecule has 1 spiro atoms. The number of piperidine rings is 1. The molecule has 2 amide bonds. The van der Waals surface area contributed by atoms with E-state index in [4.69, 9.17) is 9.47 Å². The van der Waals surface area contributed by atoms with Crippen molar-refractivity contribution in [2.45, 2.75) is 105 Å². The molecule has 0 radical (unpaired) electrons. The zero-order chi connectivity index (χ0) is 37.6. The normalized spacial score (nSPS) is 34.3. The van der Waals surface area contributed by atoms with Crippen LogP contribution in [-0.4, -0.2) is 151 Å². The number of ether oxygens (including phenoxy) is 2. The standard InChI is InChI=1S/C39H44N2O12/c42-16-11-29-34(47)36(49)32(45)27(52-29)8-3-20-1-5-22-23-6-2-21(4-9-28-33(46)37(50)35(48)30(19-43)53-28)18-25(23)39(24(22)17-20)12-14-41(15-13-39)38(51)26-7-10-31(44)40-26/h1-2,5-6,17-18,26-30,32-37,42-43,45-50H,7,10-16,19H2,(H,40,44)/t26-,27-,28-,29-,30-,32-,33-,34-,35-,36-,37-/m1/s1. The number of likely N-dealkylation sites (tertiary alicyclic amines) is 1. The average Bonchev–Trinajstić information content (AvgIpc) is 3.72. The lowest BCUT2D eigenvalue weighted by Crippen LogP contribution is -2.58. The molecule has 1 aliphatic carbocycles. The average molecular weight is 733 g/mol. The summed E-state index contributed by atoms with van der Waals surface area (Å²) in [5.41, 5.74) is 4.55. The molecule has 0 unspecified atom stereocenters. The van der Waals surface area contributed by atoms with E-state index in [9.17, 15) is 50.4 Å². The predicted molar refractivity (Wildman–Crippen MR) is 186 cm³/mol. The monoisotopic (exact) mass is 732 g/mol. The van der Waals surface area contributed by atoms with Crippen LogP contribution in [0.25, 0.3) is 11.1 Å². The van der Waals surface area contributed by atoms with Crippen molar-refractivity contribution in [1.82, 2.24) is 10.2 Å². The summed E-state index contributed by atoms with van der Waals surface area (Å²) >= 11 is 0. The number of benzene rings is 2. The van der Waals surface area contributed by atoms with Gasteiger partial charge in [0.1, 0.15) is 61.0 Å². The molecule has 2 aromatic carbocycles. The van der Waals surface area contributed by atoms with E-state index in [1.54, 1.807) is 4.90 Å². The van der Waals surface area contributed by atoms with Gasteiger partial charge < -0.3 is 60.5 Å². The van der Waals surface area contributed by atoms with E-state index in [1.807, 2.05) is 36.4 Å². The zero-order valence-corrected chi connectivity index (χ0v) is 28.8. The Kier molecular flexibility index (Phi) is 10.7. The summed E-state index contributed by atoms with van der Waals surface area (Å²) in [7, 11) is 0. The van der Waals surface area contributed by atoms with Crippen LogP contribution < -0.4 is 5.32 Å². The Hall–Kier alpha value is -3.90. The van der Waals surface area contributed by atoms with Gasteiger partial charge in [-0.15, -0.1) is 0 Å². The molecule has 0 saturated carbocycles. The van der Waals surface area contributed by atoms with Crippen molar-refractivity contribution in [3.8, 4) is 34.8 Å². The largest absolute Gasteiger partial charge is 0.396 e. The van der Waals surface area contributed by atoms with Crippen LogP contribution in [0.3, 0.4) is 0 Å². The molecule has 4 saturated heterocycles. The third kappa shape index (κ3) is 6.86. The molecular weight excluding hydrogens is 688 g/mol. The molecule has 53 heavy (non-hydrogen) atoms. The number of aliphatic hydroxyl groups excluding tert-OH is 8. The molecule has 5 aliphatic rings. The summed E-state index contributed by atoms with van der Waals surface area (Å²) in [5.74, 6) is 11.6. The van der Waals surface area contributed by atoms with Gasteiger partial charge in [0.15, 0.2) is 0 Å². The van der Waals surface area contributed by atoms with Gasteiger partial charge in [-0.3, -0.25) is 9.59 Å². The highest BCUT2D eigenvalue weighted by atomic mass is 16.5. The van der Waals surface area contributed by atoms with Gasteiger partial charge in [-0.1, -0.05) is 35.8 Å². The topological polar surface area (TPSA) is 230 Å². The minimum atomic E-state index is -1.55. The van der Waals surface area contributed by atoms with Crippen LogP contribution in [0.2, 0.25) is 0 Å². The van der Waals surface area contributed by atoms with Crippen molar-refractivity contribution in [2.75, 3.05) is 26.3 Å². The lowest BCUT2D eigenvalue weighted by molar-refractivity contribution is -0.214. The van der Waals surface area contributed by atoms with Crippen LogP contribution in [0.5, 0.6) is 0 Å². The molecule has 4 heterocycles. The molecule has 4 fully saturated rings. The fourth-order valence-corrected chi connectivity index (χ4v) is 8.28. The second-order valence-electron chi connectivity index (χ2n) is 14.5. The smallest absolute Gasteiger partial charge is 0.245 e. The van der Waals surface area contributed by atoms with Crippen LogP contribution >= 0.6 is 0 Å². The number of aliphatic hydroxyl groups is 8. The summed E-state index contributed by atoms with van der Waals surface area (Å²) in [5, 5.41) is 83.9. The van der Waals surface area contributed by atoms with Crippen molar-refractivity contribution in [3.63, 3.8) is 0 Å². The lowest BCUT2D eigenvalue weighted by atomic mass is 9.70. The Bertz CT molecular complexity index is 1850. The Morgan fingerprint density at radius 1 is 0.774 bits per heavy atom. The number of rotatable bonds is 4. The highest BCUT2D eigenvalue weighted by Gasteiger charge is 2.48. The zero-order valence-electron chi connectivity index (χ0n) is 28.8. The lowest BCUT2D eigenvalue weighted by Gasteiger charge is -2.41. The Balaban J connectivity index is 1.21. The van der Waals surface area contributed by atoms with Gasteiger partial charge in [0.2, 0.25) is 11.8 Å². The quantitative estimate of drug-likeness (QED) is 0.150. The molecule has 14 heteroatoms. The highest BCUT2D eigenvalue weighted by Crippen LogP contribution is 2.54. The third-order valence-corrected chi connectivity index (χ3v) is 11.3. The molecule has 0 aromatic heterocycles. The maximum Gasteiger partial charge on any atom is 0.245 e. The van der Waals surface area contributed by atoms with Gasteiger partial charge in [0.25, 0.3) is 0 Å². The number of hydrogen-bond donors (Lipinski definition) is 9. The van der Waals surface area contributed by atoms with Crippen LogP contribution in [0, 0.1) is 23.7 Å². The number of carbonyl (C=O) groups excluding carboxylic acids is 2. The fraction of sp³-hybridized carbons (Fsp3) is 0.538. The molecule has 4 aliphatic heterocycles. The second-order valence-corrected chi connectivity index (χ2v) is 14.5. The van der Waals surface area contributed by atoms with Crippen molar-refractivity contribution in [3.05, 3.63) is 58.7 Å². The van der Waals surface area contributed by atoms with Gasteiger partial charge in [0.05, 0.1) is 12.7 Å². The van der Waals surface area contributed by atoms with Gasteiger partial charge in [0, 0.05) is 42.7 Å². The molecule has 11 atom stereocenters. The van der Waals surface area contributed by atoms with Crippen LogP contribution in [0.1, 0.15) is 54.4 Å². The van der Waals surface area contributed by atoms with E-state index >= 15 is 0 Å². The van der Waals surface area contributed by atoms with Crippen molar-refractivity contribution in [2.24, 2.45) is 0 Å². The Morgan fingerprint density at radius 2 is 1.30 bits per heavy atom. The number of hydrogen-bond acceptors (Lipinski definition) is 12.